The van der Waals surface area contributed by atoms with Crippen LogP contribution in [0.4, 0.5) is 10.1 Å². The van der Waals surface area contributed by atoms with Crippen molar-refractivity contribution < 1.29 is 23.5 Å². The predicted octanol–water partition coefficient (Wildman–Crippen LogP) is 4.09. The molecule has 0 bridgehead atoms. The van der Waals surface area contributed by atoms with Crippen LogP contribution in [0.5, 0.6) is 0 Å². The van der Waals surface area contributed by atoms with Gasteiger partial charge >= 0.3 is 5.97 Å². The molecule has 1 aliphatic carbocycles. The molecular formula is C28H34FN3O4. The van der Waals surface area contributed by atoms with Gasteiger partial charge in [-0.15, -0.1) is 0 Å². The van der Waals surface area contributed by atoms with Gasteiger partial charge in [-0.1, -0.05) is 30.3 Å². The number of carbonyl (C=O) groups excluding carboxylic acids is 3. The highest BCUT2D eigenvalue weighted by Gasteiger charge is 2.44. The summed E-state index contributed by atoms with van der Waals surface area (Å²) in [5.74, 6) is -1.82. The average Bonchev–Trinajstić information content (AvgIpc) is 3.34. The Morgan fingerprint density at radius 1 is 1.06 bits per heavy atom. The number of nitrogens with two attached hydrogens (primary N) is 1. The number of amides is 2. The third-order valence-electron chi connectivity index (χ3n) is 7.68. The van der Waals surface area contributed by atoms with E-state index in [1.165, 1.54) is 19.2 Å². The standard InChI is InChI=1S/C28H34FN3O4/c1-17(30)18-8-10-20(11-9-18)27(34)32-15-14-22(19-6-4-3-5-7-19)25(32)26(33)31-21-12-13-23(24(29)16-21)28(35)36-2/h3-7,12-13,16-18,20,22,25H,8-11,14-15,30H2,1-2H3,(H,31,33)/t17?,18?,20?,22-,25-/m0/s1. The van der Waals surface area contributed by atoms with E-state index in [9.17, 15) is 18.8 Å². The number of esters is 1. The molecule has 2 amide bonds. The van der Waals surface area contributed by atoms with Crippen LogP contribution in [-0.4, -0.2) is 48.4 Å². The van der Waals surface area contributed by atoms with Crippen molar-refractivity contribution in [2.45, 2.75) is 57.0 Å². The monoisotopic (exact) mass is 495 g/mol. The molecule has 0 radical (unpaired) electrons. The van der Waals surface area contributed by atoms with Crippen molar-refractivity contribution >= 4 is 23.5 Å². The first-order chi connectivity index (χ1) is 17.3. The first-order valence-electron chi connectivity index (χ1n) is 12.6. The lowest BCUT2D eigenvalue weighted by Gasteiger charge is -2.34. The van der Waals surface area contributed by atoms with Crippen molar-refractivity contribution in [2.24, 2.45) is 17.6 Å². The van der Waals surface area contributed by atoms with Crippen LogP contribution in [0.1, 0.15) is 60.9 Å². The minimum atomic E-state index is -0.791. The molecule has 1 unspecified atom stereocenters. The van der Waals surface area contributed by atoms with Gasteiger partial charge in [0.15, 0.2) is 0 Å². The number of likely N-dealkylation sites (tertiary alicyclic amines) is 1. The zero-order valence-corrected chi connectivity index (χ0v) is 20.8. The van der Waals surface area contributed by atoms with Gasteiger partial charge in [-0.2, -0.15) is 0 Å². The van der Waals surface area contributed by atoms with Crippen LogP contribution in [0.3, 0.4) is 0 Å². The van der Waals surface area contributed by atoms with Crippen LogP contribution < -0.4 is 11.1 Å². The molecule has 1 aliphatic heterocycles. The molecule has 7 nitrogen and oxygen atoms in total. The van der Waals surface area contributed by atoms with Crippen molar-refractivity contribution in [3.63, 3.8) is 0 Å². The number of methoxy groups -OCH3 is 1. The molecule has 0 spiro atoms. The predicted molar refractivity (Wildman–Crippen MR) is 135 cm³/mol. The zero-order valence-electron chi connectivity index (χ0n) is 20.8. The van der Waals surface area contributed by atoms with Crippen molar-refractivity contribution in [1.82, 2.24) is 4.90 Å². The van der Waals surface area contributed by atoms with Gasteiger partial charge < -0.3 is 20.7 Å². The molecule has 3 N–H and O–H groups in total. The average molecular weight is 496 g/mol. The summed E-state index contributed by atoms with van der Waals surface area (Å²) in [5.41, 5.74) is 7.07. The van der Waals surface area contributed by atoms with Gasteiger partial charge in [0.2, 0.25) is 11.8 Å². The van der Waals surface area contributed by atoms with Crippen LogP contribution in [-0.2, 0) is 14.3 Å². The van der Waals surface area contributed by atoms with E-state index in [2.05, 4.69) is 10.1 Å². The maximum absolute atomic E-state index is 14.5. The molecule has 1 saturated heterocycles. The number of carbonyl (C=O) groups is 3. The SMILES string of the molecule is COC(=O)c1ccc(NC(=O)[C@@H]2[C@H](c3ccccc3)CCN2C(=O)C2CCC(C(C)N)CC2)cc1F. The van der Waals surface area contributed by atoms with E-state index < -0.39 is 17.8 Å². The normalized spacial score (nSPS) is 24.7. The van der Waals surface area contributed by atoms with Crippen LogP contribution >= 0.6 is 0 Å². The van der Waals surface area contributed by atoms with Crippen molar-refractivity contribution in [3.05, 3.63) is 65.5 Å². The smallest absolute Gasteiger partial charge is 0.340 e. The minimum absolute atomic E-state index is 0.00363. The summed E-state index contributed by atoms with van der Waals surface area (Å²) in [6.45, 7) is 2.50. The van der Waals surface area contributed by atoms with Gasteiger partial charge in [0.05, 0.1) is 12.7 Å². The van der Waals surface area contributed by atoms with Crippen LogP contribution in [0.25, 0.3) is 0 Å². The lowest BCUT2D eigenvalue weighted by molar-refractivity contribution is -0.141. The first kappa shape index (κ1) is 25.8. The molecular weight excluding hydrogens is 461 g/mol. The van der Waals surface area contributed by atoms with Crippen LogP contribution in [0, 0.1) is 17.7 Å². The molecule has 36 heavy (non-hydrogen) atoms. The molecule has 1 saturated carbocycles. The second-order valence-corrected chi connectivity index (χ2v) is 9.93. The molecule has 4 rings (SSSR count). The lowest BCUT2D eigenvalue weighted by Crippen LogP contribution is -2.48. The van der Waals surface area contributed by atoms with Crippen LogP contribution in [0.15, 0.2) is 48.5 Å². The number of nitrogens with one attached hydrogen (secondary N) is 1. The van der Waals surface area contributed by atoms with Gasteiger partial charge in [-0.05, 0) is 68.7 Å². The minimum Gasteiger partial charge on any atom is -0.465 e. The van der Waals surface area contributed by atoms with Gasteiger partial charge in [0.25, 0.3) is 0 Å². The summed E-state index contributed by atoms with van der Waals surface area (Å²) in [6, 6.07) is 12.9. The molecule has 2 aromatic rings. The number of hydrogen-bond donors (Lipinski definition) is 2. The Bertz CT molecular complexity index is 1100. The quantitative estimate of drug-likeness (QED) is 0.588. The van der Waals surface area contributed by atoms with E-state index in [-0.39, 0.29) is 40.9 Å². The maximum Gasteiger partial charge on any atom is 0.340 e. The molecule has 3 atom stereocenters. The van der Waals surface area contributed by atoms with Gasteiger partial charge in [-0.3, -0.25) is 9.59 Å². The highest BCUT2D eigenvalue weighted by Crippen LogP contribution is 2.38. The van der Waals surface area contributed by atoms with E-state index in [0.717, 1.165) is 37.3 Å². The van der Waals surface area contributed by atoms with E-state index in [1.54, 1.807) is 4.90 Å². The molecule has 0 aromatic heterocycles. The van der Waals surface area contributed by atoms with Crippen molar-refractivity contribution in [2.75, 3.05) is 19.0 Å². The molecule has 192 valence electrons. The summed E-state index contributed by atoms with van der Waals surface area (Å²) < 4.78 is 19.0. The van der Waals surface area contributed by atoms with Gasteiger partial charge in [0.1, 0.15) is 11.9 Å². The number of benzene rings is 2. The Balaban J connectivity index is 1.55. The Morgan fingerprint density at radius 2 is 1.75 bits per heavy atom. The summed E-state index contributed by atoms with van der Waals surface area (Å²) in [6.07, 6.45) is 4.02. The number of nitrogens with zero attached hydrogens (tertiary/aromatic N) is 1. The van der Waals surface area contributed by atoms with Gasteiger partial charge in [0, 0.05) is 30.1 Å². The fourth-order valence-electron chi connectivity index (χ4n) is 5.62. The van der Waals surface area contributed by atoms with E-state index >= 15 is 0 Å². The van der Waals surface area contributed by atoms with E-state index in [1.807, 2.05) is 37.3 Å². The highest BCUT2D eigenvalue weighted by atomic mass is 19.1. The summed E-state index contributed by atoms with van der Waals surface area (Å²) >= 11 is 0. The fourth-order valence-corrected chi connectivity index (χ4v) is 5.62. The summed E-state index contributed by atoms with van der Waals surface area (Å²) in [7, 11) is 1.18. The third kappa shape index (κ3) is 5.43. The first-order valence-corrected chi connectivity index (χ1v) is 12.6. The number of ether oxygens (including phenoxy) is 1. The van der Waals surface area contributed by atoms with E-state index in [4.69, 9.17) is 5.73 Å². The molecule has 8 heteroatoms. The van der Waals surface area contributed by atoms with Crippen molar-refractivity contribution in [1.29, 1.82) is 0 Å². The second kappa shape index (κ2) is 11.2. The fraction of sp³-hybridized carbons (Fsp3) is 0.464. The molecule has 1 heterocycles. The van der Waals surface area contributed by atoms with Crippen LogP contribution in [0.2, 0.25) is 0 Å². The number of hydrogen-bond acceptors (Lipinski definition) is 5. The Morgan fingerprint density at radius 3 is 2.36 bits per heavy atom. The van der Waals surface area contributed by atoms with E-state index in [0.29, 0.717) is 18.9 Å². The number of anilines is 1. The molecule has 2 aliphatic rings. The number of halogens is 1. The highest BCUT2D eigenvalue weighted by molar-refractivity contribution is 5.99. The maximum atomic E-state index is 14.5. The second-order valence-electron chi connectivity index (χ2n) is 9.93. The Labute approximate surface area is 211 Å². The molecule has 2 aromatic carbocycles. The zero-order chi connectivity index (χ0) is 25.8. The van der Waals surface area contributed by atoms with Crippen molar-refractivity contribution in [3.8, 4) is 0 Å². The largest absolute Gasteiger partial charge is 0.465 e. The summed E-state index contributed by atoms with van der Waals surface area (Å²) in [5, 5.41) is 2.78. The Hall–Kier alpha value is -3.26. The third-order valence-corrected chi connectivity index (χ3v) is 7.68. The van der Waals surface area contributed by atoms with Gasteiger partial charge in [-0.25, -0.2) is 9.18 Å². The topological polar surface area (TPSA) is 102 Å². The number of rotatable bonds is 6. The lowest BCUT2D eigenvalue weighted by atomic mass is 9.78. The summed E-state index contributed by atoms with van der Waals surface area (Å²) in [4.78, 5) is 40.6. The molecule has 2 fully saturated rings. The Kier molecular flexibility index (Phi) is 8.04.